The van der Waals surface area contributed by atoms with E-state index >= 15 is 0 Å². The largest absolute Gasteiger partial charge is 0.493 e. The molecule has 9 nitrogen and oxygen atoms in total. The van der Waals surface area contributed by atoms with E-state index in [2.05, 4.69) is 4.85 Å². The molecule has 41 heavy (non-hydrogen) atoms. The Hall–Kier alpha value is -4.52. The van der Waals surface area contributed by atoms with E-state index in [0.717, 1.165) is 10.9 Å². The third kappa shape index (κ3) is 3.51. The van der Waals surface area contributed by atoms with Crippen molar-refractivity contribution >= 4 is 44.9 Å². The standard InChI is InChI=1S/C32H26N2O7/c1-17-14-26(36)40-24-15-18(8-9-19(17)24)39-13-12-32-16-25(35)31(2,41-32)27-28(32)30(38)34(29(27)37)23-11-10-22(33-3)20-6-4-5-7-21(20)23/h4-11,14-15,25,27-28,35H,12-13,16H2,1-2H3/t25?,27-,28+,31?,32?/m1/s1. The van der Waals surface area contributed by atoms with Crippen molar-refractivity contribution in [1.82, 2.24) is 0 Å². The fourth-order valence-corrected chi connectivity index (χ4v) is 7.16. The number of aliphatic hydroxyl groups excluding tert-OH is 1. The normalized spacial score (nSPS) is 28.4. The topological polar surface area (TPSA) is 111 Å². The average Bonchev–Trinajstić information content (AvgIpc) is 3.48. The number of aryl methyl sites for hydroxylation is 1. The first kappa shape index (κ1) is 25.4. The lowest BCUT2D eigenvalue weighted by molar-refractivity contribution is -0.134. The van der Waals surface area contributed by atoms with Crippen molar-refractivity contribution in [3.8, 4) is 5.75 Å². The molecule has 3 saturated heterocycles. The molecule has 4 aromatic rings. The van der Waals surface area contributed by atoms with Gasteiger partial charge >= 0.3 is 5.63 Å². The predicted molar refractivity (Wildman–Crippen MR) is 150 cm³/mol. The monoisotopic (exact) mass is 550 g/mol. The van der Waals surface area contributed by atoms with E-state index in [1.54, 1.807) is 49.4 Å². The van der Waals surface area contributed by atoms with Crippen molar-refractivity contribution in [3.63, 3.8) is 0 Å². The zero-order chi connectivity index (χ0) is 28.7. The molecule has 1 aromatic heterocycles. The van der Waals surface area contributed by atoms with Crippen LogP contribution < -0.4 is 15.3 Å². The highest BCUT2D eigenvalue weighted by Crippen LogP contribution is 2.62. The van der Waals surface area contributed by atoms with Crippen molar-refractivity contribution in [1.29, 1.82) is 0 Å². The summed E-state index contributed by atoms with van der Waals surface area (Å²) in [6, 6.07) is 17.2. The molecular weight excluding hydrogens is 524 g/mol. The number of amides is 2. The Balaban J connectivity index is 1.20. The van der Waals surface area contributed by atoms with Crippen LogP contribution in [0.25, 0.3) is 26.6 Å². The number of anilines is 1. The van der Waals surface area contributed by atoms with Crippen molar-refractivity contribution in [2.24, 2.45) is 11.8 Å². The Kier molecular flexibility index (Phi) is 5.42. The van der Waals surface area contributed by atoms with Crippen LogP contribution in [0.4, 0.5) is 11.4 Å². The van der Waals surface area contributed by atoms with Gasteiger partial charge in [-0.3, -0.25) is 9.59 Å². The highest BCUT2D eigenvalue weighted by atomic mass is 16.6. The minimum absolute atomic E-state index is 0.150. The van der Waals surface area contributed by atoms with Gasteiger partial charge in [-0.1, -0.05) is 30.3 Å². The van der Waals surface area contributed by atoms with Gasteiger partial charge in [0.05, 0.1) is 42.4 Å². The lowest BCUT2D eigenvalue weighted by Gasteiger charge is -2.33. The zero-order valence-electron chi connectivity index (χ0n) is 22.4. The summed E-state index contributed by atoms with van der Waals surface area (Å²) in [7, 11) is 0. The molecule has 206 valence electrons. The first-order chi connectivity index (χ1) is 19.7. The fraction of sp³-hybridized carbons (Fsp3) is 0.312. The predicted octanol–water partition coefficient (Wildman–Crippen LogP) is 4.67. The van der Waals surface area contributed by atoms with Crippen molar-refractivity contribution < 1.29 is 28.6 Å². The molecule has 3 aliphatic heterocycles. The van der Waals surface area contributed by atoms with Crippen LogP contribution in [0.2, 0.25) is 0 Å². The van der Waals surface area contributed by atoms with Crippen LogP contribution in [0.15, 0.2) is 69.9 Å². The quantitative estimate of drug-likeness (QED) is 0.218. The number of carbonyl (C=O) groups is 2. The van der Waals surface area contributed by atoms with Gasteiger partial charge in [0.1, 0.15) is 16.9 Å². The third-order valence-electron chi connectivity index (χ3n) is 9.07. The van der Waals surface area contributed by atoms with Crippen LogP contribution in [-0.2, 0) is 14.3 Å². The average molecular weight is 551 g/mol. The summed E-state index contributed by atoms with van der Waals surface area (Å²) in [6.45, 7) is 11.2. The SMILES string of the molecule is [C-]#[N+]c1ccc(N2C(=O)[C@@H]3[C@H](C2=O)C2(C)OC3(CCOc3ccc4c(C)cc(=O)oc4c3)CC2O)c2ccccc12. The van der Waals surface area contributed by atoms with E-state index in [9.17, 15) is 19.5 Å². The minimum Gasteiger partial charge on any atom is -0.493 e. The molecular formula is C32H26N2O7. The second-order valence-corrected chi connectivity index (χ2v) is 11.3. The number of fused-ring (bicyclic) bond motifs is 7. The maximum atomic E-state index is 14.1. The number of nitrogens with zero attached hydrogens (tertiary/aromatic N) is 2. The van der Waals surface area contributed by atoms with Crippen LogP contribution in [0.5, 0.6) is 5.75 Å². The number of hydrogen-bond donors (Lipinski definition) is 1. The van der Waals surface area contributed by atoms with Gasteiger partial charge in [0.2, 0.25) is 11.8 Å². The molecule has 0 radical (unpaired) electrons. The lowest BCUT2D eigenvalue weighted by Crippen LogP contribution is -2.49. The smallest absolute Gasteiger partial charge is 0.336 e. The summed E-state index contributed by atoms with van der Waals surface area (Å²) in [4.78, 5) is 44.6. The van der Waals surface area contributed by atoms with Crippen LogP contribution in [0, 0.1) is 25.3 Å². The molecule has 5 atom stereocenters. The number of benzene rings is 3. The summed E-state index contributed by atoms with van der Waals surface area (Å²) < 4.78 is 17.8. The molecule has 0 saturated carbocycles. The number of aliphatic hydroxyl groups is 1. The van der Waals surface area contributed by atoms with Gasteiger partial charge in [-0.2, -0.15) is 0 Å². The molecule has 4 heterocycles. The van der Waals surface area contributed by atoms with Gasteiger partial charge in [0.25, 0.3) is 0 Å². The van der Waals surface area contributed by atoms with Crippen molar-refractivity contribution in [2.75, 3.05) is 11.5 Å². The molecule has 7 rings (SSSR count). The number of carbonyl (C=O) groups excluding carboxylic acids is 2. The number of hydrogen-bond acceptors (Lipinski definition) is 7. The molecule has 1 N–H and O–H groups in total. The Morgan fingerprint density at radius 1 is 1.02 bits per heavy atom. The van der Waals surface area contributed by atoms with E-state index in [-0.39, 0.29) is 25.4 Å². The van der Waals surface area contributed by atoms with Gasteiger partial charge in [0.15, 0.2) is 5.69 Å². The maximum absolute atomic E-state index is 14.1. The van der Waals surface area contributed by atoms with E-state index in [4.69, 9.17) is 20.5 Å². The molecule has 3 fully saturated rings. The Bertz CT molecular complexity index is 1890. The molecule has 3 aliphatic rings. The molecule has 2 bridgehead atoms. The van der Waals surface area contributed by atoms with Crippen LogP contribution in [-0.4, -0.2) is 40.8 Å². The van der Waals surface area contributed by atoms with Crippen LogP contribution in [0.3, 0.4) is 0 Å². The summed E-state index contributed by atoms with van der Waals surface area (Å²) >= 11 is 0. The Morgan fingerprint density at radius 2 is 1.78 bits per heavy atom. The maximum Gasteiger partial charge on any atom is 0.336 e. The first-order valence-electron chi connectivity index (χ1n) is 13.5. The molecule has 9 heteroatoms. The van der Waals surface area contributed by atoms with E-state index in [0.29, 0.717) is 33.5 Å². The minimum atomic E-state index is -1.22. The first-order valence-corrected chi connectivity index (χ1v) is 13.5. The van der Waals surface area contributed by atoms with Gasteiger partial charge in [-0.25, -0.2) is 14.5 Å². The van der Waals surface area contributed by atoms with Gasteiger partial charge in [0, 0.05) is 30.4 Å². The number of imide groups is 1. The highest BCUT2D eigenvalue weighted by Gasteiger charge is 2.77. The zero-order valence-corrected chi connectivity index (χ0v) is 22.4. The number of ether oxygens (including phenoxy) is 2. The highest BCUT2D eigenvalue weighted by molar-refractivity contribution is 6.26. The molecule has 3 aromatic carbocycles. The fourth-order valence-electron chi connectivity index (χ4n) is 7.16. The molecule has 3 unspecified atom stereocenters. The van der Waals surface area contributed by atoms with Gasteiger partial charge in [-0.05, 0) is 48.4 Å². The Morgan fingerprint density at radius 3 is 2.56 bits per heavy atom. The Labute approximate surface area is 234 Å². The molecule has 2 amide bonds. The van der Waals surface area contributed by atoms with Crippen molar-refractivity contribution in [3.05, 3.63) is 88.1 Å². The molecule has 0 aliphatic carbocycles. The second-order valence-electron chi connectivity index (χ2n) is 11.3. The summed E-state index contributed by atoms with van der Waals surface area (Å²) in [5.74, 6) is -1.94. The van der Waals surface area contributed by atoms with Crippen LogP contribution in [0.1, 0.15) is 25.3 Å². The summed E-state index contributed by atoms with van der Waals surface area (Å²) in [5, 5.41) is 13.2. The van der Waals surface area contributed by atoms with Crippen molar-refractivity contribution in [2.45, 2.75) is 44.0 Å². The lowest BCUT2D eigenvalue weighted by atomic mass is 9.66. The van der Waals surface area contributed by atoms with Crippen LogP contribution >= 0.6 is 0 Å². The van der Waals surface area contributed by atoms with E-state index in [1.807, 2.05) is 19.1 Å². The van der Waals surface area contributed by atoms with Gasteiger partial charge < -0.3 is 19.0 Å². The second kappa shape index (κ2) is 8.74. The van der Waals surface area contributed by atoms with Gasteiger partial charge in [-0.15, -0.1) is 0 Å². The van der Waals surface area contributed by atoms with E-state index < -0.39 is 40.7 Å². The summed E-state index contributed by atoms with van der Waals surface area (Å²) in [6.07, 6.45) is -0.468. The van der Waals surface area contributed by atoms with E-state index in [1.165, 1.54) is 11.0 Å². The number of rotatable bonds is 5. The summed E-state index contributed by atoms with van der Waals surface area (Å²) in [5.41, 5.74) is -0.678. The third-order valence-corrected chi connectivity index (χ3v) is 9.07. The molecule has 0 spiro atoms.